The first-order chi connectivity index (χ1) is 10.9. The summed E-state index contributed by atoms with van der Waals surface area (Å²) in [5.41, 5.74) is 2.57. The molecule has 0 atom stereocenters. The Morgan fingerprint density at radius 2 is 0.913 bits per heavy atom. The predicted octanol–water partition coefficient (Wildman–Crippen LogP) is 0.272. The summed E-state index contributed by atoms with van der Waals surface area (Å²) in [5, 5.41) is 2.57. The van der Waals surface area contributed by atoms with Crippen LogP contribution in [0.5, 0.6) is 0 Å². The number of aromatic nitrogens is 2. The maximum absolute atomic E-state index is 2.32. The van der Waals surface area contributed by atoms with Gasteiger partial charge in [-0.15, -0.1) is 0 Å². The van der Waals surface area contributed by atoms with Gasteiger partial charge in [0.1, 0.15) is 0 Å². The highest BCUT2D eigenvalue weighted by atomic mass is 79.9. The molecule has 0 fully saturated rings. The fourth-order valence-electron chi connectivity index (χ4n) is 3.05. The first-order valence-corrected chi connectivity index (χ1v) is 7.66. The van der Waals surface area contributed by atoms with Crippen molar-refractivity contribution < 1.29 is 26.1 Å². The third-order valence-electron chi connectivity index (χ3n) is 4.16. The molecule has 114 valence electrons. The lowest BCUT2D eigenvalue weighted by molar-refractivity contribution is -0.754. The molecule has 4 aromatic rings. The normalized spacial score (nSPS) is 10.6. The Bertz CT molecular complexity index is 860. The molecule has 0 unspecified atom stereocenters. The summed E-state index contributed by atoms with van der Waals surface area (Å²) in [7, 11) is 0. The number of aryl methyl sites for hydroxylation is 2. The van der Waals surface area contributed by atoms with Crippen molar-refractivity contribution in [1.82, 2.24) is 0 Å². The summed E-state index contributed by atoms with van der Waals surface area (Å²) in [6.07, 6.45) is 4.32. The van der Waals surface area contributed by atoms with Crippen LogP contribution in [0.2, 0.25) is 0 Å². The van der Waals surface area contributed by atoms with Crippen LogP contribution in [0.25, 0.3) is 21.8 Å². The molecule has 0 aliphatic rings. The fraction of sp³-hybridized carbons (Fsp3) is 0.100. The minimum Gasteiger partial charge on any atom is -1.00 e. The van der Waals surface area contributed by atoms with Crippen molar-refractivity contribution in [2.75, 3.05) is 0 Å². The van der Waals surface area contributed by atoms with E-state index >= 15 is 0 Å². The second kappa shape index (κ2) is 6.88. The fourth-order valence-corrected chi connectivity index (χ4v) is 3.05. The molecule has 0 saturated heterocycles. The van der Waals surface area contributed by atoms with E-state index in [-0.39, 0.29) is 17.0 Å². The molecule has 3 heteroatoms. The molecule has 0 amide bonds. The van der Waals surface area contributed by atoms with E-state index in [4.69, 9.17) is 0 Å². The summed E-state index contributed by atoms with van der Waals surface area (Å²) >= 11 is 0. The van der Waals surface area contributed by atoms with Crippen molar-refractivity contribution in [2.24, 2.45) is 0 Å². The molecule has 2 aromatic heterocycles. The van der Waals surface area contributed by atoms with Gasteiger partial charge in [-0.1, -0.05) is 24.3 Å². The smallest absolute Gasteiger partial charge is 0.212 e. The van der Waals surface area contributed by atoms with Gasteiger partial charge >= 0.3 is 0 Å². The molecular weight excluding hydrogens is 348 g/mol. The molecule has 2 aromatic carbocycles. The Morgan fingerprint density at radius 1 is 0.522 bits per heavy atom. The molecule has 4 rings (SSSR count). The first-order valence-electron chi connectivity index (χ1n) is 7.66. The topological polar surface area (TPSA) is 7.76 Å². The Kier molecular flexibility index (Phi) is 4.68. The van der Waals surface area contributed by atoms with Crippen LogP contribution in [0, 0.1) is 0 Å². The largest absolute Gasteiger partial charge is 1.00 e. The van der Waals surface area contributed by atoms with Crippen LogP contribution in [0.1, 0.15) is 0 Å². The summed E-state index contributed by atoms with van der Waals surface area (Å²) in [6, 6.07) is 25.6. The zero-order chi connectivity index (χ0) is 14.8. The maximum atomic E-state index is 2.32. The van der Waals surface area contributed by atoms with Crippen molar-refractivity contribution >= 4 is 21.8 Å². The second-order valence-corrected chi connectivity index (χ2v) is 5.52. The van der Waals surface area contributed by atoms with Gasteiger partial charge in [-0.05, 0) is 24.3 Å². The summed E-state index contributed by atoms with van der Waals surface area (Å²) in [6.45, 7) is 1.92. The summed E-state index contributed by atoms with van der Waals surface area (Å²) < 4.78 is 4.65. The molecule has 0 N–H and O–H groups in total. The third-order valence-corrected chi connectivity index (χ3v) is 4.16. The van der Waals surface area contributed by atoms with Crippen molar-refractivity contribution in [3.05, 3.63) is 85.2 Å². The standard InChI is InChI=1S/C20H18N2.BrH/c1-3-11-19-17(7-1)9-5-13-21(19)15-16-22-14-6-10-18-8-2-4-12-20(18)22;/h1-14H,15-16H2;1H/q+2;/p-1. The highest BCUT2D eigenvalue weighted by Gasteiger charge is 2.12. The number of benzene rings is 2. The van der Waals surface area contributed by atoms with E-state index in [2.05, 4.69) is 94.3 Å². The molecule has 0 bridgehead atoms. The number of rotatable bonds is 3. The van der Waals surface area contributed by atoms with E-state index in [1.807, 2.05) is 0 Å². The van der Waals surface area contributed by atoms with Gasteiger partial charge in [0.2, 0.25) is 24.1 Å². The van der Waals surface area contributed by atoms with Crippen LogP contribution in [-0.4, -0.2) is 0 Å². The minimum absolute atomic E-state index is 0. The molecule has 0 spiro atoms. The lowest BCUT2D eigenvalue weighted by atomic mass is 10.2. The van der Waals surface area contributed by atoms with E-state index in [1.54, 1.807) is 0 Å². The van der Waals surface area contributed by atoms with Gasteiger partial charge in [0.15, 0.2) is 12.4 Å². The van der Waals surface area contributed by atoms with Crippen molar-refractivity contribution in [1.29, 1.82) is 0 Å². The van der Waals surface area contributed by atoms with Gasteiger partial charge in [0.25, 0.3) is 0 Å². The van der Waals surface area contributed by atoms with Gasteiger partial charge in [0, 0.05) is 35.0 Å². The average Bonchev–Trinajstić information content (AvgIpc) is 2.60. The van der Waals surface area contributed by atoms with Gasteiger partial charge in [0.05, 0.1) is 0 Å². The van der Waals surface area contributed by atoms with E-state index in [0.29, 0.717) is 0 Å². The number of pyridine rings is 2. The van der Waals surface area contributed by atoms with Crippen LogP contribution >= 0.6 is 0 Å². The molecule has 2 nitrogen and oxygen atoms in total. The molecular formula is C20H18BrN2+. The predicted molar refractivity (Wildman–Crippen MR) is 88.3 cm³/mol. The zero-order valence-corrected chi connectivity index (χ0v) is 14.4. The maximum Gasteiger partial charge on any atom is 0.212 e. The molecule has 2 heterocycles. The number of hydrogen-bond acceptors (Lipinski definition) is 0. The van der Waals surface area contributed by atoms with E-state index in [9.17, 15) is 0 Å². The Hall–Kier alpha value is -2.26. The van der Waals surface area contributed by atoms with Crippen molar-refractivity contribution in [3.63, 3.8) is 0 Å². The van der Waals surface area contributed by atoms with E-state index in [0.717, 1.165) is 13.1 Å². The van der Waals surface area contributed by atoms with Crippen molar-refractivity contribution in [3.8, 4) is 0 Å². The van der Waals surface area contributed by atoms with E-state index < -0.39 is 0 Å². The highest BCUT2D eigenvalue weighted by Crippen LogP contribution is 2.09. The molecule has 0 aliphatic carbocycles. The van der Waals surface area contributed by atoms with Gasteiger partial charge in [-0.25, -0.2) is 0 Å². The molecule has 0 saturated carbocycles. The monoisotopic (exact) mass is 365 g/mol. The number of fused-ring (bicyclic) bond motifs is 2. The first kappa shape index (κ1) is 15.6. The summed E-state index contributed by atoms with van der Waals surface area (Å²) in [4.78, 5) is 0. The van der Waals surface area contributed by atoms with Gasteiger partial charge in [-0.3, -0.25) is 0 Å². The number of halogens is 1. The van der Waals surface area contributed by atoms with Crippen LogP contribution in [0.3, 0.4) is 0 Å². The number of hydrogen-bond donors (Lipinski definition) is 0. The zero-order valence-electron chi connectivity index (χ0n) is 12.8. The highest BCUT2D eigenvalue weighted by molar-refractivity contribution is 5.75. The average molecular weight is 366 g/mol. The van der Waals surface area contributed by atoms with Crippen LogP contribution in [0.15, 0.2) is 85.2 Å². The van der Waals surface area contributed by atoms with Crippen LogP contribution in [-0.2, 0) is 13.1 Å². The van der Waals surface area contributed by atoms with Crippen LogP contribution in [0.4, 0.5) is 0 Å². The van der Waals surface area contributed by atoms with Crippen LogP contribution < -0.4 is 26.1 Å². The van der Waals surface area contributed by atoms with E-state index in [1.165, 1.54) is 21.8 Å². The van der Waals surface area contributed by atoms with Crippen molar-refractivity contribution in [2.45, 2.75) is 13.1 Å². The second-order valence-electron chi connectivity index (χ2n) is 5.52. The number of nitrogens with zero attached hydrogens (tertiary/aromatic N) is 2. The Labute approximate surface area is 146 Å². The lowest BCUT2D eigenvalue weighted by Crippen LogP contribution is -3.00. The summed E-state index contributed by atoms with van der Waals surface area (Å²) in [5.74, 6) is 0. The number of para-hydroxylation sites is 2. The molecule has 0 aliphatic heterocycles. The van der Waals surface area contributed by atoms with Gasteiger partial charge < -0.3 is 17.0 Å². The van der Waals surface area contributed by atoms with Gasteiger partial charge in [-0.2, -0.15) is 9.13 Å². The quantitative estimate of drug-likeness (QED) is 0.460. The Balaban J connectivity index is 0.00000156. The Morgan fingerprint density at radius 3 is 1.39 bits per heavy atom. The minimum atomic E-state index is 0. The lowest BCUT2D eigenvalue weighted by Gasteiger charge is -2.02. The SMILES string of the molecule is [Br-].c1ccc2c(c1)ccc[n+]2CC[n+]1cccc2ccccc21. The molecule has 23 heavy (non-hydrogen) atoms. The molecule has 0 radical (unpaired) electrons. The third kappa shape index (κ3) is 3.10.